The molecule has 0 fully saturated rings. The number of phenolic OH excluding ortho intramolecular Hbond substituents is 1. The molecule has 0 heterocycles. The highest BCUT2D eigenvalue weighted by Gasteiger charge is 2.24. The molecule has 2 N–H and O–H groups in total. The van der Waals surface area contributed by atoms with Crippen LogP contribution >= 0.6 is 0 Å². The fourth-order valence-electron chi connectivity index (χ4n) is 2.39. The molecule has 0 saturated heterocycles. The molecule has 1 aromatic rings. The Bertz CT molecular complexity index is 493. The summed E-state index contributed by atoms with van der Waals surface area (Å²) in [4.78, 5) is 2.17. The Morgan fingerprint density at radius 3 is 2.05 bits per heavy atom. The number of phenols is 1. The molecule has 22 heavy (non-hydrogen) atoms. The molecule has 0 saturated carbocycles. The lowest BCUT2D eigenvalue weighted by Gasteiger charge is -2.27. The van der Waals surface area contributed by atoms with Crippen molar-refractivity contribution >= 4 is 5.69 Å². The van der Waals surface area contributed by atoms with Gasteiger partial charge in [0.1, 0.15) is 5.75 Å². The molecule has 1 rings (SSSR count). The van der Waals surface area contributed by atoms with Gasteiger partial charge in [-0.1, -0.05) is 47.6 Å². The Morgan fingerprint density at radius 2 is 1.59 bits per heavy atom. The first-order valence-corrected chi connectivity index (χ1v) is 8.19. The molecule has 0 unspecified atom stereocenters. The lowest BCUT2D eigenvalue weighted by Crippen LogP contribution is -2.19. The highest BCUT2D eigenvalue weighted by Crippen LogP contribution is 2.40. The average molecular weight is 306 g/mol. The second-order valence-electron chi connectivity index (χ2n) is 8.50. The van der Waals surface area contributed by atoms with Gasteiger partial charge in [-0.3, -0.25) is 0 Å². The zero-order valence-corrected chi connectivity index (χ0v) is 15.7. The molecule has 0 aliphatic carbocycles. The Labute approximate surface area is 136 Å². The zero-order chi connectivity index (χ0) is 17.1. The predicted molar refractivity (Wildman–Crippen MR) is 97.2 cm³/mol. The normalized spacial score (nSPS) is 12.8. The van der Waals surface area contributed by atoms with Crippen LogP contribution < -0.4 is 5.32 Å². The Hall–Kier alpha value is -1.22. The van der Waals surface area contributed by atoms with Crippen molar-refractivity contribution < 1.29 is 5.11 Å². The van der Waals surface area contributed by atoms with Crippen molar-refractivity contribution in [3.63, 3.8) is 0 Å². The molecule has 1 aromatic carbocycles. The molecular formula is C19H34N2O. The van der Waals surface area contributed by atoms with Gasteiger partial charge in [0.25, 0.3) is 0 Å². The van der Waals surface area contributed by atoms with E-state index >= 15 is 0 Å². The zero-order valence-electron chi connectivity index (χ0n) is 15.7. The molecule has 0 amide bonds. The van der Waals surface area contributed by atoms with Crippen LogP contribution in [0.25, 0.3) is 0 Å². The summed E-state index contributed by atoms with van der Waals surface area (Å²) in [5, 5.41) is 14.1. The average Bonchev–Trinajstić information content (AvgIpc) is 2.33. The van der Waals surface area contributed by atoms with Crippen LogP contribution in [0.5, 0.6) is 5.75 Å². The summed E-state index contributed by atoms with van der Waals surface area (Å²) in [5.74, 6) is 0.394. The van der Waals surface area contributed by atoms with E-state index < -0.39 is 0 Å². The van der Waals surface area contributed by atoms with Gasteiger partial charge in [0.15, 0.2) is 0 Å². The number of anilines is 1. The molecule has 0 spiro atoms. The summed E-state index contributed by atoms with van der Waals surface area (Å²) < 4.78 is 0. The molecule has 126 valence electrons. The van der Waals surface area contributed by atoms with Gasteiger partial charge in [0, 0.05) is 12.1 Å². The van der Waals surface area contributed by atoms with E-state index in [9.17, 15) is 5.11 Å². The van der Waals surface area contributed by atoms with Gasteiger partial charge in [-0.15, -0.1) is 0 Å². The number of hydrogen-bond acceptors (Lipinski definition) is 3. The molecule has 0 aliphatic rings. The Morgan fingerprint density at radius 1 is 1.00 bits per heavy atom. The molecule has 0 aromatic heterocycles. The quantitative estimate of drug-likeness (QED) is 0.627. The first-order valence-electron chi connectivity index (χ1n) is 8.19. The van der Waals surface area contributed by atoms with E-state index in [1.807, 2.05) is 0 Å². The summed E-state index contributed by atoms with van der Waals surface area (Å²) >= 11 is 0. The topological polar surface area (TPSA) is 35.5 Å². The monoisotopic (exact) mass is 306 g/mol. The van der Waals surface area contributed by atoms with E-state index in [0.717, 1.165) is 30.8 Å². The molecule has 3 nitrogen and oxygen atoms in total. The number of nitrogens with zero attached hydrogens (tertiary/aromatic N) is 1. The van der Waals surface area contributed by atoms with E-state index in [2.05, 4.69) is 78.0 Å². The minimum atomic E-state index is -0.0780. The second-order valence-corrected chi connectivity index (χ2v) is 8.50. The second kappa shape index (κ2) is 6.91. The molecule has 0 atom stereocenters. The standard InChI is InChI=1S/C19H34N2O/c1-18(2,3)14-12-15(19(4,5)6)17(22)16(13-14)20-10-9-11-21(7)8/h12-13,20,22H,9-11H2,1-8H3. The van der Waals surface area contributed by atoms with Crippen LogP contribution in [0, 0.1) is 0 Å². The van der Waals surface area contributed by atoms with Crippen LogP contribution in [0.2, 0.25) is 0 Å². The van der Waals surface area contributed by atoms with E-state index in [1.54, 1.807) is 0 Å². The van der Waals surface area contributed by atoms with Gasteiger partial charge in [0.05, 0.1) is 5.69 Å². The van der Waals surface area contributed by atoms with E-state index in [0.29, 0.717) is 5.75 Å². The minimum absolute atomic E-state index is 0.0633. The predicted octanol–water partition coefficient (Wildman–Crippen LogP) is 4.35. The van der Waals surface area contributed by atoms with E-state index in [1.165, 1.54) is 5.56 Å². The first kappa shape index (κ1) is 18.8. The molecule has 3 heteroatoms. The number of benzene rings is 1. The summed E-state index contributed by atoms with van der Waals surface area (Å²) in [6.07, 6.45) is 1.05. The van der Waals surface area contributed by atoms with Crippen LogP contribution in [-0.4, -0.2) is 37.2 Å². The molecule has 0 aliphatic heterocycles. The fraction of sp³-hybridized carbons (Fsp3) is 0.684. The number of aromatic hydroxyl groups is 1. The van der Waals surface area contributed by atoms with Crippen LogP contribution in [-0.2, 0) is 10.8 Å². The number of hydrogen-bond donors (Lipinski definition) is 2. The molecular weight excluding hydrogens is 272 g/mol. The van der Waals surface area contributed by atoms with Crippen molar-refractivity contribution in [3.8, 4) is 5.75 Å². The highest BCUT2D eigenvalue weighted by molar-refractivity contribution is 5.63. The van der Waals surface area contributed by atoms with Crippen molar-refractivity contribution in [1.82, 2.24) is 4.90 Å². The number of rotatable bonds is 5. The SMILES string of the molecule is CN(C)CCCNc1cc(C(C)(C)C)cc(C(C)(C)C)c1O. The van der Waals surface area contributed by atoms with Crippen LogP contribution in [0.15, 0.2) is 12.1 Å². The van der Waals surface area contributed by atoms with Gasteiger partial charge in [0.2, 0.25) is 0 Å². The fourth-order valence-corrected chi connectivity index (χ4v) is 2.39. The maximum atomic E-state index is 10.7. The van der Waals surface area contributed by atoms with Crippen molar-refractivity contribution in [2.24, 2.45) is 0 Å². The summed E-state index contributed by atoms with van der Waals surface area (Å²) in [5.41, 5.74) is 3.11. The maximum absolute atomic E-state index is 10.7. The van der Waals surface area contributed by atoms with E-state index in [4.69, 9.17) is 0 Å². The first-order chi connectivity index (χ1) is 9.93. The van der Waals surface area contributed by atoms with Crippen molar-refractivity contribution in [3.05, 3.63) is 23.3 Å². The third-order valence-electron chi connectivity index (χ3n) is 3.88. The third kappa shape index (κ3) is 5.20. The van der Waals surface area contributed by atoms with Gasteiger partial charge in [-0.2, -0.15) is 0 Å². The van der Waals surface area contributed by atoms with Gasteiger partial charge >= 0.3 is 0 Å². The summed E-state index contributed by atoms with van der Waals surface area (Å²) in [6.45, 7) is 15.0. The van der Waals surface area contributed by atoms with Crippen molar-refractivity contribution in [2.75, 3.05) is 32.5 Å². The highest BCUT2D eigenvalue weighted by atomic mass is 16.3. The maximum Gasteiger partial charge on any atom is 0.142 e. The lowest BCUT2D eigenvalue weighted by molar-refractivity contribution is 0.405. The van der Waals surface area contributed by atoms with Crippen LogP contribution in [0.4, 0.5) is 5.69 Å². The lowest BCUT2D eigenvalue weighted by atomic mass is 9.79. The summed E-state index contributed by atoms with van der Waals surface area (Å²) in [7, 11) is 4.16. The largest absolute Gasteiger partial charge is 0.505 e. The smallest absolute Gasteiger partial charge is 0.142 e. The third-order valence-corrected chi connectivity index (χ3v) is 3.88. The Kier molecular flexibility index (Phi) is 5.91. The Balaban J connectivity index is 3.09. The van der Waals surface area contributed by atoms with Crippen LogP contribution in [0.3, 0.4) is 0 Å². The summed E-state index contributed by atoms with van der Waals surface area (Å²) in [6, 6.07) is 4.25. The minimum Gasteiger partial charge on any atom is -0.505 e. The van der Waals surface area contributed by atoms with Crippen molar-refractivity contribution in [2.45, 2.75) is 58.8 Å². The van der Waals surface area contributed by atoms with Gasteiger partial charge in [-0.25, -0.2) is 0 Å². The molecule has 0 radical (unpaired) electrons. The van der Waals surface area contributed by atoms with Gasteiger partial charge < -0.3 is 15.3 Å². The van der Waals surface area contributed by atoms with Gasteiger partial charge in [-0.05, 0) is 49.5 Å². The van der Waals surface area contributed by atoms with E-state index in [-0.39, 0.29) is 10.8 Å². The molecule has 0 bridgehead atoms. The number of nitrogens with one attached hydrogen (secondary N) is 1. The van der Waals surface area contributed by atoms with Crippen LogP contribution in [0.1, 0.15) is 59.1 Å². The van der Waals surface area contributed by atoms with Crippen molar-refractivity contribution in [1.29, 1.82) is 0 Å².